The Balaban J connectivity index is 1.83. The summed E-state index contributed by atoms with van der Waals surface area (Å²) in [4.78, 5) is 5.03. The van der Waals surface area contributed by atoms with Crippen LogP contribution in [0.5, 0.6) is 0 Å². The third-order valence-corrected chi connectivity index (χ3v) is 6.01. The molecule has 0 aliphatic heterocycles. The first-order valence-corrected chi connectivity index (χ1v) is 10.6. The van der Waals surface area contributed by atoms with E-state index in [-0.39, 0.29) is 0 Å². The predicted molar refractivity (Wildman–Crippen MR) is 125 cm³/mol. The number of aromatic nitrogens is 4. The summed E-state index contributed by atoms with van der Waals surface area (Å²) >= 11 is 3.63. The van der Waals surface area contributed by atoms with Crippen LogP contribution in [0.25, 0.3) is 44.5 Å². The highest BCUT2D eigenvalue weighted by molar-refractivity contribution is 9.10. The molecule has 0 aliphatic rings. The van der Waals surface area contributed by atoms with Crippen molar-refractivity contribution < 1.29 is 0 Å². The third kappa shape index (κ3) is 2.52. The zero-order valence-corrected chi connectivity index (χ0v) is 17.8. The van der Waals surface area contributed by atoms with E-state index in [9.17, 15) is 0 Å². The Labute approximate surface area is 181 Å². The molecule has 0 aliphatic carbocycles. The summed E-state index contributed by atoms with van der Waals surface area (Å²) < 4.78 is 5.31. The molecule has 144 valence electrons. The van der Waals surface area contributed by atoms with E-state index in [0.29, 0.717) is 0 Å². The number of fused-ring (bicyclic) bond motifs is 5. The Morgan fingerprint density at radius 2 is 1.53 bits per heavy atom. The van der Waals surface area contributed by atoms with E-state index >= 15 is 0 Å². The number of pyridine rings is 1. The van der Waals surface area contributed by atoms with Crippen LogP contribution < -0.4 is 0 Å². The topological polar surface area (TPSA) is 35.1 Å². The lowest BCUT2D eigenvalue weighted by atomic mass is 10.1. The lowest BCUT2D eigenvalue weighted by molar-refractivity contribution is 0.889. The number of para-hydroxylation sites is 1. The maximum absolute atomic E-state index is 5.03. The zero-order chi connectivity index (χ0) is 20.2. The largest absolute Gasteiger partial charge is 0.291 e. The Morgan fingerprint density at radius 1 is 0.800 bits per heavy atom. The summed E-state index contributed by atoms with van der Waals surface area (Å²) in [7, 11) is 0. The van der Waals surface area contributed by atoms with Crippen LogP contribution in [0.3, 0.4) is 0 Å². The van der Waals surface area contributed by atoms with Gasteiger partial charge in [-0.05, 0) is 48.9 Å². The van der Waals surface area contributed by atoms with E-state index in [1.807, 2.05) is 35.0 Å². The van der Waals surface area contributed by atoms with Crippen molar-refractivity contribution in [2.75, 3.05) is 0 Å². The fourth-order valence-electron chi connectivity index (χ4n) is 4.20. The average molecular weight is 453 g/mol. The highest BCUT2D eigenvalue weighted by Gasteiger charge is 2.19. The van der Waals surface area contributed by atoms with E-state index < -0.39 is 0 Å². The molecule has 6 rings (SSSR count). The minimum absolute atomic E-state index is 0.930. The molecule has 5 heteroatoms. The normalized spacial score (nSPS) is 11.7. The molecule has 0 radical (unpaired) electrons. The van der Waals surface area contributed by atoms with E-state index in [2.05, 4.69) is 81.9 Å². The van der Waals surface area contributed by atoms with Crippen molar-refractivity contribution in [1.29, 1.82) is 0 Å². The number of aryl methyl sites for hydroxylation is 1. The van der Waals surface area contributed by atoms with Gasteiger partial charge in [0.05, 0.1) is 39.0 Å². The standard InChI is InChI=1S/C25H17BrN4/c1-16-24-23(30(28-16)19-10-6-3-7-11-19)15-21(17-8-4-2-5-9-17)29-22-14-18(26)12-13-20(22)27-25(24)29/h2-15H,1H3. The molecule has 3 aromatic carbocycles. The Morgan fingerprint density at radius 3 is 2.30 bits per heavy atom. The van der Waals surface area contributed by atoms with Gasteiger partial charge in [-0.2, -0.15) is 5.10 Å². The number of halogens is 1. The highest BCUT2D eigenvalue weighted by Crippen LogP contribution is 2.35. The number of nitrogens with zero attached hydrogens (tertiary/aromatic N) is 4. The third-order valence-electron chi connectivity index (χ3n) is 5.52. The number of benzene rings is 3. The van der Waals surface area contributed by atoms with E-state index in [4.69, 9.17) is 10.1 Å². The maximum atomic E-state index is 5.03. The fraction of sp³-hybridized carbons (Fsp3) is 0.0400. The zero-order valence-electron chi connectivity index (χ0n) is 16.2. The van der Waals surface area contributed by atoms with Crippen molar-refractivity contribution >= 4 is 43.5 Å². The molecule has 0 spiro atoms. The van der Waals surface area contributed by atoms with Crippen molar-refractivity contribution in [3.63, 3.8) is 0 Å². The Bertz CT molecular complexity index is 1550. The van der Waals surface area contributed by atoms with Crippen molar-refractivity contribution in [2.45, 2.75) is 6.92 Å². The van der Waals surface area contributed by atoms with Crippen molar-refractivity contribution in [3.05, 3.63) is 95.1 Å². The SMILES string of the molecule is Cc1nn(-c2ccccc2)c2cc(-c3ccccc3)n3c4cc(Br)ccc4nc3c12. The number of hydrogen-bond donors (Lipinski definition) is 0. The van der Waals surface area contributed by atoms with Gasteiger partial charge in [0.2, 0.25) is 0 Å². The van der Waals surface area contributed by atoms with Crippen molar-refractivity contribution in [1.82, 2.24) is 19.2 Å². The van der Waals surface area contributed by atoms with Crippen LogP contribution in [0.4, 0.5) is 0 Å². The van der Waals surface area contributed by atoms with E-state index in [1.165, 1.54) is 0 Å². The van der Waals surface area contributed by atoms with E-state index in [1.54, 1.807) is 0 Å². The molecule has 0 saturated carbocycles. The predicted octanol–water partition coefficient (Wildman–Crippen LogP) is 6.56. The van der Waals surface area contributed by atoms with Gasteiger partial charge in [-0.25, -0.2) is 9.67 Å². The molecular formula is C25H17BrN4. The van der Waals surface area contributed by atoms with Crippen LogP contribution in [0, 0.1) is 6.92 Å². The molecule has 3 aromatic heterocycles. The van der Waals surface area contributed by atoms with Crippen molar-refractivity contribution in [2.24, 2.45) is 0 Å². The van der Waals surface area contributed by atoms with Gasteiger partial charge in [0.1, 0.15) is 5.65 Å². The van der Waals surface area contributed by atoms with E-state index in [0.717, 1.165) is 54.7 Å². The molecule has 0 N–H and O–H groups in total. The summed E-state index contributed by atoms with van der Waals surface area (Å²) in [6, 6.07) is 29.2. The van der Waals surface area contributed by atoms with Crippen molar-refractivity contribution in [3.8, 4) is 16.9 Å². The van der Waals surface area contributed by atoms with Gasteiger partial charge in [-0.1, -0.05) is 64.5 Å². The van der Waals surface area contributed by atoms with Crippen LogP contribution in [-0.4, -0.2) is 19.2 Å². The van der Waals surface area contributed by atoms with Gasteiger partial charge >= 0.3 is 0 Å². The van der Waals surface area contributed by atoms with Gasteiger partial charge in [0.15, 0.2) is 0 Å². The molecule has 0 saturated heterocycles. The fourth-order valence-corrected chi connectivity index (χ4v) is 4.55. The molecule has 0 atom stereocenters. The lowest BCUT2D eigenvalue weighted by Gasteiger charge is -2.10. The molecule has 0 amide bonds. The number of rotatable bonds is 2. The minimum atomic E-state index is 0.930. The van der Waals surface area contributed by atoms with Crippen LogP contribution in [0.2, 0.25) is 0 Å². The minimum Gasteiger partial charge on any atom is -0.291 e. The van der Waals surface area contributed by atoms with Crippen LogP contribution >= 0.6 is 15.9 Å². The quantitative estimate of drug-likeness (QED) is 0.298. The average Bonchev–Trinajstić information content (AvgIpc) is 3.32. The summed E-state index contributed by atoms with van der Waals surface area (Å²) in [5, 5.41) is 5.96. The molecular weight excluding hydrogens is 436 g/mol. The van der Waals surface area contributed by atoms with Gasteiger partial charge in [0, 0.05) is 4.47 Å². The van der Waals surface area contributed by atoms with Crippen LogP contribution in [0.15, 0.2) is 89.4 Å². The maximum Gasteiger partial charge on any atom is 0.149 e. The number of imidazole rings is 1. The summed E-state index contributed by atoms with van der Waals surface area (Å²) in [5.74, 6) is 0. The molecule has 0 fully saturated rings. The first kappa shape index (κ1) is 17.4. The van der Waals surface area contributed by atoms with Gasteiger partial charge in [0.25, 0.3) is 0 Å². The smallest absolute Gasteiger partial charge is 0.149 e. The van der Waals surface area contributed by atoms with Gasteiger partial charge < -0.3 is 0 Å². The highest BCUT2D eigenvalue weighted by atomic mass is 79.9. The summed E-state index contributed by atoms with van der Waals surface area (Å²) in [6.07, 6.45) is 0. The summed E-state index contributed by atoms with van der Waals surface area (Å²) in [5.41, 5.74) is 8.27. The second kappa shape index (κ2) is 6.54. The summed E-state index contributed by atoms with van der Waals surface area (Å²) in [6.45, 7) is 2.05. The molecule has 0 unspecified atom stereocenters. The molecule has 4 nitrogen and oxygen atoms in total. The first-order chi connectivity index (χ1) is 14.7. The van der Waals surface area contributed by atoms with Gasteiger partial charge in [-0.15, -0.1) is 0 Å². The van der Waals surface area contributed by atoms with Gasteiger partial charge in [-0.3, -0.25) is 4.40 Å². The molecule has 30 heavy (non-hydrogen) atoms. The Hall–Kier alpha value is -3.44. The lowest BCUT2D eigenvalue weighted by Crippen LogP contribution is -1.98. The second-order valence-electron chi connectivity index (χ2n) is 7.39. The Kier molecular flexibility index (Phi) is 3.80. The molecule has 6 aromatic rings. The molecule has 0 bridgehead atoms. The molecule has 3 heterocycles. The van der Waals surface area contributed by atoms with Crippen LogP contribution in [-0.2, 0) is 0 Å². The van der Waals surface area contributed by atoms with Crippen LogP contribution in [0.1, 0.15) is 5.69 Å². The number of hydrogen-bond acceptors (Lipinski definition) is 2. The monoisotopic (exact) mass is 452 g/mol. The second-order valence-corrected chi connectivity index (χ2v) is 8.31. The first-order valence-electron chi connectivity index (χ1n) is 9.81.